The molecule has 1 aromatic heterocycles. The molecule has 0 N–H and O–H groups in total. The van der Waals surface area contributed by atoms with Crippen molar-refractivity contribution in [3.63, 3.8) is 0 Å². The highest BCUT2D eigenvalue weighted by Gasteiger charge is 2.25. The zero-order valence-electron chi connectivity index (χ0n) is 7.97. The van der Waals surface area contributed by atoms with Gasteiger partial charge in [-0.15, -0.1) is 0 Å². The fourth-order valence-electron chi connectivity index (χ4n) is 0.988. The van der Waals surface area contributed by atoms with E-state index in [1.165, 1.54) is 6.20 Å². The van der Waals surface area contributed by atoms with Gasteiger partial charge in [-0.25, -0.2) is 13.4 Å². The van der Waals surface area contributed by atoms with Crippen LogP contribution in [0, 0.1) is 0 Å². The van der Waals surface area contributed by atoms with Gasteiger partial charge < -0.3 is 4.74 Å². The summed E-state index contributed by atoms with van der Waals surface area (Å²) in [5, 5.41) is -0.0341. The van der Waals surface area contributed by atoms with Gasteiger partial charge in [0.15, 0.2) is 14.9 Å². The highest BCUT2D eigenvalue weighted by Crippen LogP contribution is 2.26. The van der Waals surface area contributed by atoms with E-state index < -0.39 is 9.84 Å². The van der Waals surface area contributed by atoms with Crippen LogP contribution in [0.4, 0.5) is 0 Å². The first-order valence-corrected chi connectivity index (χ1v) is 7.04. The van der Waals surface area contributed by atoms with Crippen molar-refractivity contribution >= 4 is 25.8 Å². The van der Waals surface area contributed by atoms with Crippen molar-refractivity contribution in [1.29, 1.82) is 0 Å². The maximum Gasteiger partial charge on any atom is 0.317 e. The van der Waals surface area contributed by atoms with Gasteiger partial charge in [0.05, 0.1) is 4.47 Å². The monoisotopic (exact) mass is 292 g/mol. The second kappa shape index (κ2) is 3.71. The van der Waals surface area contributed by atoms with Crippen molar-refractivity contribution in [1.82, 2.24) is 9.97 Å². The molecule has 1 fully saturated rings. The molecule has 5 nitrogen and oxygen atoms in total. The van der Waals surface area contributed by atoms with Gasteiger partial charge in [-0.05, 0) is 28.8 Å². The third-order valence-electron chi connectivity index (χ3n) is 1.84. The van der Waals surface area contributed by atoms with Crippen LogP contribution in [0.5, 0.6) is 6.01 Å². The van der Waals surface area contributed by atoms with Crippen molar-refractivity contribution in [2.45, 2.75) is 24.0 Å². The number of ether oxygens (including phenoxy) is 1. The first-order valence-electron chi connectivity index (χ1n) is 4.36. The summed E-state index contributed by atoms with van der Waals surface area (Å²) in [5.74, 6) is 0. The van der Waals surface area contributed by atoms with E-state index >= 15 is 0 Å². The lowest BCUT2D eigenvalue weighted by Gasteiger charge is -2.04. The van der Waals surface area contributed by atoms with Gasteiger partial charge in [0.2, 0.25) is 0 Å². The van der Waals surface area contributed by atoms with E-state index in [4.69, 9.17) is 4.74 Å². The van der Waals surface area contributed by atoms with Gasteiger partial charge >= 0.3 is 6.01 Å². The predicted molar refractivity (Wildman–Crippen MR) is 56.5 cm³/mol. The SMILES string of the molecule is CS(=O)(=O)c1nc(OC2CC2)ncc1Br. The zero-order chi connectivity index (χ0) is 11.1. The van der Waals surface area contributed by atoms with Crippen LogP contribution in [-0.2, 0) is 9.84 Å². The summed E-state index contributed by atoms with van der Waals surface area (Å²) in [6, 6.07) is 0.126. The number of hydrogen-bond acceptors (Lipinski definition) is 5. The molecule has 0 aromatic carbocycles. The largest absolute Gasteiger partial charge is 0.460 e. The highest BCUT2D eigenvalue weighted by molar-refractivity contribution is 9.10. The van der Waals surface area contributed by atoms with E-state index in [-0.39, 0.29) is 17.1 Å². The average molecular weight is 293 g/mol. The molecule has 1 aliphatic rings. The van der Waals surface area contributed by atoms with Crippen LogP contribution >= 0.6 is 15.9 Å². The normalized spacial score (nSPS) is 16.4. The molecule has 1 saturated carbocycles. The van der Waals surface area contributed by atoms with E-state index in [1.807, 2.05) is 0 Å². The van der Waals surface area contributed by atoms with Crippen LogP contribution in [-0.4, -0.2) is 30.7 Å². The van der Waals surface area contributed by atoms with Crippen molar-refractivity contribution in [2.24, 2.45) is 0 Å². The molecule has 2 rings (SSSR count). The van der Waals surface area contributed by atoms with Gasteiger partial charge in [-0.2, -0.15) is 4.98 Å². The topological polar surface area (TPSA) is 69.2 Å². The average Bonchev–Trinajstić information content (AvgIpc) is 2.90. The first kappa shape index (κ1) is 10.8. The van der Waals surface area contributed by atoms with Crippen LogP contribution in [0.2, 0.25) is 0 Å². The van der Waals surface area contributed by atoms with Gasteiger partial charge in [0.25, 0.3) is 0 Å². The lowest BCUT2D eigenvalue weighted by atomic mass is 10.7. The summed E-state index contributed by atoms with van der Waals surface area (Å²) >= 11 is 3.09. The molecule has 0 saturated heterocycles. The molecule has 82 valence electrons. The molecule has 1 heterocycles. The fraction of sp³-hybridized carbons (Fsp3) is 0.500. The first-order chi connectivity index (χ1) is 6.97. The van der Waals surface area contributed by atoms with E-state index in [9.17, 15) is 8.42 Å². The van der Waals surface area contributed by atoms with Crippen molar-refractivity contribution in [3.8, 4) is 6.01 Å². The molecule has 0 aliphatic heterocycles. The molecule has 0 amide bonds. The Morgan fingerprint density at radius 3 is 2.73 bits per heavy atom. The maximum atomic E-state index is 11.3. The Balaban J connectivity index is 2.35. The predicted octanol–water partition coefficient (Wildman–Crippen LogP) is 1.18. The smallest absolute Gasteiger partial charge is 0.317 e. The van der Waals surface area contributed by atoms with Gasteiger partial charge in [0.1, 0.15) is 6.10 Å². The Kier molecular flexibility index (Phi) is 2.68. The number of sulfone groups is 1. The number of aromatic nitrogens is 2. The summed E-state index contributed by atoms with van der Waals surface area (Å²) in [4.78, 5) is 7.74. The van der Waals surface area contributed by atoms with Gasteiger partial charge in [-0.1, -0.05) is 0 Å². The number of rotatable bonds is 3. The lowest BCUT2D eigenvalue weighted by Crippen LogP contribution is -2.07. The summed E-state index contributed by atoms with van der Waals surface area (Å²) < 4.78 is 28.3. The Hall–Kier alpha value is -0.690. The summed E-state index contributed by atoms with van der Waals surface area (Å²) in [6.07, 6.45) is 4.60. The molecular weight excluding hydrogens is 284 g/mol. The molecule has 7 heteroatoms. The summed E-state index contributed by atoms with van der Waals surface area (Å²) in [5.41, 5.74) is 0. The molecule has 0 bridgehead atoms. The Morgan fingerprint density at radius 1 is 1.53 bits per heavy atom. The van der Waals surface area contributed by atoms with Crippen LogP contribution in [0.15, 0.2) is 15.7 Å². The van der Waals surface area contributed by atoms with Crippen LogP contribution in [0.1, 0.15) is 12.8 Å². The molecule has 0 unspecified atom stereocenters. The standard InChI is InChI=1S/C8H9BrN2O3S/c1-15(12,13)7-6(9)4-10-8(11-7)14-5-2-3-5/h4-5H,2-3H2,1H3. The number of hydrogen-bond donors (Lipinski definition) is 0. The van der Waals surface area contributed by atoms with Crippen LogP contribution in [0.25, 0.3) is 0 Å². The molecular formula is C8H9BrN2O3S. The fourth-order valence-corrected chi connectivity index (χ4v) is 2.71. The van der Waals surface area contributed by atoms with E-state index in [0.29, 0.717) is 4.47 Å². The van der Waals surface area contributed by atoms with E-state index in [1.54, 1.807) is 0 Å². The number of nitrogens with zero attached hydrogens (tertiary/aromatic N) is 2. The Bertz CT molecular complexity index is 485. The van der Waals surface area contributed by atoms with Crippen molar-refractivity contribution in [3.05, 3.63) is 10.7 Å². The van der Waals surface area contributed by atoms with Crippen molar-refractivity contribution < 1.29 is 13.2 Å². The molecule has 15 heavy (non-hydrogen) atoms. The summed E-state index contributed by atoms with van der Waals surface area (Å²) in [6.45, 7) is 0. The minimum atomic E-state index is -3.35. The minimum Gasteiger partial charge on any atom is -0.460 e. The molecule has 1 aliphatic carbocycles. The number of halogens is 1. The second-order valence-corrected chi connectivity index (χ2v) is 6.18. The van der Waals surface area contributed by atoms with E-state index in [2.05, 4.69) is 25.9 Å². The Morgan fingerprint density at radius 2 is 2.20 bits per heavy atom. The third-order valence-corrected chi connectivity index (χ3v) is 3.69. The molecule has 0 radical (unpaired) electrons. The lowest BCUT2D eigenvalue weighted by molar-refractivity contribution is 0.275. The van der Waals surface area contributed by atoms with Gasteiger partial charge in [-0.3, -0.25) is 0 Å². The quantitative estimate of drug-likeness (QED) is 0.783. The molecule has 0 atom stereocenters. The second-order valence-electron chi connectivity index (χ2n) is 3.40. The van der Waals surface area contributed by atoms with Gasteiger partial charge in [0, 0.05) is 12.5 Å². The highest BCUT2D eigenvalue weighted by atomic mass is 79.9. The molecule has 1 aromatic rings. The summed E-state index contributed by atoms with van der Waals surface area (Å²) in [7, 11) is -3.35. The van der Waals surface area contributed by atoms with Crippen LogP contribution < -0.4 is 4.74 Å². The third kappa shape index (κ3) is 2.66. The minimum absolute atomic E-state index is 0.0341. The maximum absolute atomic E-state index is 11.3. The zero-order valence-corrected chi connectivity index (χ0v) is 10.4. The van der Waals surface area contributed by atoms with E-state index in [0.717, 1.165) is 19.1 Å². The molecule has 0 spiro atoms. The van der Waals surface area contributed by atoms with Crippen molar-refractivity contribution in [2.75, 3.05) is 6.26 Å². The van der Waals surface area contributed by atoms with Crippen LogP contribution in [0.3, 0.4) is 0 Å². The Labute approximate surface area is 95.9 Å².